The Morgan fingerprint density at radius 3 is 2.80 bits per heavy atom. The Hall–Kier alpha value is -2.77. The molecule has 0 radical (unpaired) electrons. The molecule has 8 heteroatoms. The highest BCUT2D eigenvalue weighted by Crippen LogP contribution is 2.20. The van der Waals surface area contributed by atoms with Crippen molar-refractivity contribution in [3.63, 3.8) is 0 Å². The van der Waals surface area contributed by atoms with E-state index in [1.165, 1.54) is 24.3 Å². The number of halogens is 3. The van der Waals surface area contributed by atoms with Gasteiger partial charge in [0.1, 0.15) is 18.1 Å². The molecule has 1 aromatic carbocycles. The van der Waals surface area contributed by atoms with Crippen molar-refractivity contribution < 1.29 is 18.0 Å². The molecule has 0 aliphatic heterocycles. The molecular weight excluding hydrogens is 333 g/mol. The van der Waals surface area contributed by atoms with E-state index in [0.717, 1.165) is 21.0 Å². The number of aromatic amines is 1. The standard InChI is InChI=1S/C17H17F3N4O/c1-11-3-4-12-8-14(22-13(12)7-11)16(25)23(2)9-15-21-5-6-24(15)10-17(18,19)20/h3-8,22H,9-10H2,1-2H3. The number of carbonyl (C=O) groups excluding carboxylic acids is 1. The van der Waals surface area contributed by atoms with Crippen molar-refractivity contribution in [2.24, 2.45) is 0 Å². The molecule has 1 amide bonds. The summed E-state index contributed by atoms with van der Waals surface area (Å²) in [4.78, 5) is 20.9. The third kappa shape index (κ3) is 3.84. The predicted molar refractivity (Wildman–Crippen MR) is 87.1 cm³/mol. The maximum atomic E-state index is 12.6. The molecule has 2 aromatic heterocycles. The number of aromatic nitrogens is 3. The van der Waals surface area contributed by atoms with Crippen LogP contribution in [0, 0.1) is 6.92 Å². The van der Waals surface area contributed by atoms with Crippen LogP contribution in [0.4, 0.5) is 13.2 Å². The number of hydrogen-bond donors (Lipinski definition) is 1. The molecule has 1 N–H and O–H groups in total. The Bertz CT molecular complexity index is 910. The van der Waals surface area contributed by atoms with E-state index < -0.39 is 12.7 Å². The van der Waals surface area contributed by atoms with Crippen molar-refractivity contribution in [2.45, 2.75) is 26.2 Å². The van der Waals surface area contributed by atoms with Gasteiger partial charge in [0.05, 0.1) is 6.54 Å². The topological polar surface area (TPSA) is 53.9 Å². The van der Waals surface area contributed by atoms with E-state index in [1.807, 2.05) is 25.1 Å². The first kappa shape index (κ1) is 17.1. The van der Waals surface area contributed by atoms with Gasteiger partial charge in [-0.1, -0.05) is 12.1 Å². The fraction of sp³-hybridized carbons (Fsp3) is 0.294. The predicted octanol–water partition coefficient (Wildman–Crippen LogP) is 3.51. The van der Waals surface area contributed by atoms with Crippen LogP contribution in [0.25, 0.3) is 10.9 Å². The quantitative estimate of drug-likeness (QED) is 0.783. The summed E-state index contributed by atoms with van der Waals surface area (Å²) in [6, 6.07) is 7.52. The fourth-order valence-corrected chi connectivity index (χ4v) is 2.67. The number of amides is 1. The normalized spacial score (nSPS) is 11.9. The summed E-state index contributed by atoms with van der Waals surface area (Å²) >= 11 is 0. The molecule has 5 nitrogen and oxygen atoms in total. The van der Waals surface area contributed by atoms with Crippen LogP contribution in [-0.4, -0.2) is 38.6 Å². The zero-order valence-electron chi connectivity index (χ0n) is 13.8. The fourth-order valence-electron chi connectivity index (χ4n) is 2.67. The van der Waals surface area contributed by atoms with Crippen LogP contribution in [0.15, 0.2) is 36.7 Å². The third-order valence-electron chi connectivity index (χ3n) is 3.89. The Kier molecular flexibility index (Phi) is 4.28. The first-order valence-corrected chi connectivity index (χ1v) is 7.64. The van der Waals surface area contributed by atoms with Crippen LogP contribution in [0.5, 0.6) is 0 Å². The van der Waals surface area contributed by atoms with Gasteiger partial charge in [-0.2, -0.15) is 13.2 Å². The molecule has 0 saturated carbocycles. The number of nitrogens with zero attached hydrogens (tertiary/aromatic N) is 3. The highest BCUT2D eigenvalue weighted by Gasteiger charge is 2.29. The molecule has 0 spiro atoms. The van der Waals surface area contributed by atoms with Gasteiger partial charge in [-0.05, 0) is 24.6 Å². The SMILES string of the molecule is Cc1ccc2cc(C(=O)N(C)Cc3nccn3CC(F)(F)F)[nH]c2c1. The Morgan fingerprint density at radius 2 is 2.08 bits per heavy atom. The second-order valence-electron chi connectivity index (χ2n) is 6.02. The number of aryl methyl sites for hydroxylation is 1. The molecular formula is C17H17F3N4O. The molecule has 0 saturated heterocycles. The average Bonchev–Trinajstić information content (AvgIpc) is 3.11. The van der Waals surface area contributed by atoms with E-state index in [0.29, 0.717) is 5.69 Å². The van der Waals surface area contributed by atoms with E-state index in [-0.39, 0.29) is 18.3 Å². The minimum atomic E-state index is -4.34. The van der Waals surface area contributed by atoms with Gasteiger partial charge >= 0.3 is 6.18 Å². The van der Waals surface area contributed by atoms with Crippen molar-refractivity contribution in [1.29, 1.82) is 0 Å². The summed E-state index contributed by atoms with van der Waals surface area (Å²) in [7, 11) is 1.53. The average molecular weight is 350 g/mol. The van der Waals surface area contributed by atoms with E-state index in [1.54, 1.807) is 6.07 Å². The molecule has 132 valence electrons. The van der Waals surface area contributed by atoms with E-state index in [2.05, 4.69) is 9.97 Å². The molecule has 3 rings (SSSR count). The second-order valence-corrected chi connectivity index (χ2v) is 6.02. The number of hydrogen-bond acceptors (Lipinski definition) is 2. The van der Waals surface area contributed by atoms with Gasteiger partial charge in [0.25, 0.3) is 5.91 Å². The van der Waals surface area contributed by atoms with Gasteiger partial charge in [-0.15, -0.1) is 0 Å². The number of fused-ring (bicyclic) bond motifs is 1. The van der Waals surface area contributed by atoms with Gasteiger partial charge in [0.15, 0.2) is 0 Å². The minimum Gasteiger partial charge on any atom is -0.351 e. The third-order valence-corrected chi connectivity index (χ3v) is 3.89. The van der Waals surface area contributed by atoms with Crippen LogP contribution in [-0.2, 0) is 13.1 Å². The lowest BCUT2D eigenvalue weighted by Crippen LogP contribution is -2.29. The molecule has 0 fully saturated rings. The highest BCUT2D eigenvalue weighted by molar-refractivity contribution is 5.97. The first-order chi connectivity index (χ1) is 11.7. The number of benzene rings is 1. The smallest absolute Gasteiger partial charge is 0.351 e. The van der Waals surface area contributed by atoms with E-state index in [4.69, 9.17) is 0 Å². The summed E-state index contributed by atoms with van der Waals surface area (Å²) < 4.78 is 38.7. The summed E-state index contributed by atoms with van der Waals surface area (Å²) in [6.45, 7) is 0.806. The van der Waals surface area contributed by atoms with Crippen molar-refractivity contribution >= 4 is 16.8 Å². The molecule has 0 atom stereocenters. The lowest BCUT2D eigenvalue weighted by molar-refractivity contribution is -0.141. The molecule has 3 aromatic rings. The Labute approximate surface area is 142 Å². The number of carbonyl (C=O) groups is 1. The van der Waals surface area contributed by atoms with Crippen LogP contribution < -0.4 is 0 Å². The number of nitrogens with one attached hydrogen (secondary N) is 1. The van der Waals surface area contributed by atoms with Crippen molar-refractivity contribution in [2.75, 3.05) is 7.05 Å². The van der Waals surface area contributed by atoms with Gasteiger partial charge in [0.2, 0.25) is 0 Å². The number of imidazole rings is 1. The molecule has 0 aliphatic carbocycles. The molecule has 25 heavy (non-hydrogen) atoms. The van der Waals surface area contributed by atoms with E-state index >= 15 is 0 Å². The van der Waals surface area contributed by atoms with Crippen molar-refractivity contribution in [3.05, 3.63) is 53.7 Å². The summed E-state index contributed by atoms with van der Waals surface area (Å²) in [5.41, 5.74) is 2.29. The highest BCUT2D eigenvalue weighted by atomic mass is 19.4. The Balaban J connectivity index is 1.77. The number of rotatable bonds is 4. The van der Waals surface area contributed by atoms with Gasteiger partial charge in [-0.3, -0.25) is 4.79 Å². The summed E-state index contributed by atoms with van der Waals surface area (Å²) in [6.07, 6.45) is -1.79. The van der Waals surface area contributed by atoms with Gasteiger partial charge in [-0.25, -0.2) is 4.98 Å². The molecule has 0 aliphatic rings. The Morgan fingerprint density at radius 1 is 1.32 bits per heavy atom. The van der Waals surface area contributed by atoms with E-state index in [9.17, 15) is 18.0 Å². The lowest BCUT2D eigenvalue weighted by Gasteiger charge is -2.17. The maximum Gasteiger partial charge on any atom is 0.406 e. The lowest BCUT2D eigenvalue weighted by atomic mass is 10.2. The molecule has 0 unspecified atom stereocenters. The monoisotopic (exact) mass is 350 g/mol. The van der Waals surface area contributed by atoms with Crippen molar-refractivity contribution in [1.82, 2.24) is 19.4 Å². The van der Waals surface area contributed by atoms with Crippen LogP contribution in [0.2, 0.25) is 0 Å². The minimum absolute atomic E-state index is 0.0176. The van der Waals surface area contributed by atoms with Gasteiger partial charge < -0.3 is 14.5 Å². The van der Waals surface area contributed by atoms with Crippen LogP contribution >= 0.6 is 0 Å². The number of H-pyrrole nitrogens is 1. The largest absolute Gasteiger partial charge is 0.406 e. The number of alkyl halides is 3. The summed E-state index contributed by atoms with van der Waals surface area (Å²) in [5.74, 6) is -0.129. The second kappa shape index (κ2) is 6.27. The van der Waals surface area contributed by atoms with Crippen LogP contribution in [0.3, 0.4) is 0 Å². The zero-order valence-corrected chi connectivity index (χ0v) is 13.8. The zero-order chi connectivity index (χ0) is 18.2. The van der Waals surface area contributed by atoms with Gasteiger partial charge in [0, 0.05) is 30.3 Å². The maximum absolute atomic E-state index is 12.6. The molecule has 2 heterocycles. The van der Waals surface area contributed by atoms with Crippen molar-refractivity contribution in [3.8, 4) is 0 Å². The molecule has 0 bridgehead atoms. The van der Waals surface area contributed by atoms with Crippen LogP contribution in [0.1, 0.15) is 21.9 Å². The first-order valence-electron chi connectivity index (χ1n) is 7.64. The summed E-state index contributed by atoms with van der Waals surface area (Å²) in [5, 5.41) is 0.904.